The minimum absolute atomic E-state index is 0.00279. The second-order valence-corrected chi connectivity index (χ2v) is 5.12. The van der Waals surface area contributed by atoms with Crippen LogP contribution in [0.25, 0.3) is 0 Å². The van der Waals surface area contributed by atoms with Gasteiger partial charge in [0.1, 0.15) is 18.1 Å². The van der Waals surface area contributed by atoms with E-state index in [-0.39, 0.29) is 17.8 Å². The third-order valence-corrected chi connectivity index (χ3v) is 3.58. The van der Waals surface area contributed by atoms with Gasteiger partial charge in [0.25, 0.3) is 5.69 Å². The first-order valence-corrected chi connectivity index (χ1v) is 7.06. The third-order valence-electron chi connectivity index (χ3n) is 3.58. The van der Waals surface area contributed by atoms with Gasteiger partial charge in [-0.2, -0.15) is 0 Å². The number of hydrogen-bond donors (Lipinski definition) is 0. The van der Waals surface area contributed by atoms with E-state index in [2.05, 4.69) is 9.88 Å². The molecule has 0 aliphatic carbocycles. The van der Waals surface area contributed by atoms with Crippen LogP contribution in [0, 0.1) is 17.0 Å². The number of aromatic nitrogens is 1. The van der Waals surface area contributed by atoms with Gasteiger partial charge < -0.3 is 9.64 Å². The fraction of sp³-hybridized carbons (Fsp3) is 0.571. The normalized spacial score (nSPS) is 15.8. The van der Waals surface area contributed by atoms with E-state index in [4.69, 9.17) is 4.74 Å². The smallest absolute Gasteiger partial charge is 0.305 e. The second kappa shape index (κ2) is 6.51. The quantitative estimate of drug-likeness (QED) is 0.480. The summed E-state index contributed by atoms with van der Waals surface area (Å²) in [5.74, 6) is 0.596. The molecule has 0 aromatic carbocycles. The Balaban J connectivity index is 1.99. The Morgan fingerprint density at radius 3 is 2.71 bits per heavy atom. The molecule has 0 unspecified atom stereocenters. The fourth-order valence-electron chi connectivity index (χ4n) is 2.44. The van der Waals surface area contributed by atoms with E-state index in [0.29, 0.717) is 6.42 Å². The lowest BCUT2D eigenvalue weighted by Gasteiger charge is -2.33. The predicted molar refractivity (Wildman–Crippen MR) is 77.2 cm³/mol. The van der Waals surface area contributed by atoms with E-state index in [1.807, 2.05) is 6.92 Å². The summed E-state index contributed by atoms with van der Waals surface area (Å²) in [5, 5.41) is 10.7. The molecule has 1 saturated heterocycles. The average Bonchev–Trinajstić information content (AvgIpc) is 2.48. The summed E-state index contributed by atoms with van der Waals surface area (Å²) in [6.07, 6.45) is 3.15. The summed E-state index contributed by atoms with van der Waals surface area (Å²) < 4.78 is 5.33. The number of ether oxygens (including phenoxy) is 1. The van der Waals surface area contributed by atoms with Crippen LogP contribution >= 0.6 is 0 Å². The largest absolute Gasteiger partial charge is 0.462 e. The molecule has 0 radical (unpaired) electrons. The first-order valence-electron chi connectivity index (χ1n) is 7.06. The predicted octanol–water partition coefficient (Wildman–Crippen LogP) is 2.22. The SMILES string of the molecule is CCC(=O)OC1CCN(c2ncc([N+](=O)[O-])cc2C)CC1. The van der Waals surface area contributed by atoms with Crippen LogP contribution in [-0.4, -0.2) is 35.1 Å². The number of nitro groups is 1. The third kappa shape index (κ3) is 3.68. The van der Waals surface area contributed by atoms with Crippen molar-refractivity contribution in [3.63, 3.8) is 0 Å². The van der Waals surface area contributed by atoms with Crippen LogP contribution < -0.4 is 4.90 Å². The van der Waals surface area contributed by atoms with E-state index >= 15 is 0 Å². The Bertz CT molecular complexity index is 539. The summed E-state index contributed by atoms with van der Waals surface area (Å²) in [6.45, 7) is 5.06. The number of esters is 1. The molecular formula is C14H19N3O4. The maximum atomic E-state index is 11.3. The molecule has 0 bridgehead atoms. The molecule has 2 rings (SSSR count). The Hall–Kier alpha value is -2.18. The van der Waals surface area contributed by atoms with Gasteiger partial charge >= 0.3 is 5.97 Å². The Morgan fingerprint density at radius 1 is 1.52 bits per heavy atom. The van der Waals surface area contributed by atoms with Crippen LogP contribution in [0.3, 0.4) is 0 Å². The lowest BCUT2D eigenvalue weighted by atomic mass is 10.1. The van der Waals surface area contributed by atoms with E-state index in [1.54, 1.807) is 6.92 Å². The van der Waals surface area contributed by atoms with Crippen LogP contribution in [0.5, 0.6) is 0 Å². The van der Waals surface area contributed by atoms with Crippen molar-refractivity contribution in [3.8, 4) is 0 Å². The monoisotopic (exact) mass is 293 g/mol. The molecule has 7 nitrogen and oxygen atoms in total. The topological polar surface area (TPSA) is 85.6 Å². The summed E-state index contributed by atoms with van der Waals surface area (Å²) in [4.78, 5) is 27.8. The van der Waals surface area contributed by atoms with Crippen LogP contribution in [0.4, 0.5) is 11.5 Å². The van der Waals surface area contributed by atoms with E-state index in [9.17, 15) is 14.9 Å². The maximum Gasteiger partial charge on any atom is 0.305 e. The number of rotatable bonds is 4. The number of aryl methyl sites for hydroxylation is 1. The van der Waals surface area contributed by atoms with E-state index < -0.39 is 4.92 Å². The molecule has 7 heteroatoms. The Labute approximate surface area is 123 Å². The highest BCUT2D eigenvalue weighted by Gasteiger charge is 2.24. The number of carbonyl (C=O) groups excluding carboxylic acids is 1. The van der Waals surface area contributed by atoms with Crippen molar-refractivity contribution >= 4 is 17.5 Å². The van der Waals surface area contributed by atoms with Crippen LogP contribution in [0.1, 0.15) is 31.7 Å². The Morgan fingerprint density at radius 2 is 2.19 bits per heavy atom. The molecular weight excluding hydrogens is 274 g/mol. The van der Waals surface area contributed by atoms with Gasteiger partial charge in [-0.1, -0.05) is 6.92 Å². The van der Waals surface area contributed by atoms with Crippen LogP contribution in [0.15, 0.2) is 12.3 Å². The van der Waals surface area contributed by atoms with E-state index in [1.165, 1.54) is 12.3 Å². The van der Waals surface area contributed by atoms with Crippen molar-refractivity contribution in [2.24, 2.45) is 0 Å². The highest BCUT2D eigenvalue weighted by molar-refractivity contribution is 5.69. The number of hydrogen-bond acceptors (Lipinski definition) is 6. The summed E-state index contributed by atoms with van der Waals surface area (Å²) in [5.41, 5.74) is 0.788. The molecule has 0 atom stereocenters. The molecule has 1 aromatic heterocycles. The van der Waals surface area contributed by atoms with Crippen molar-refractivity contribution in [1.82, 2.24) is 4.98 Å². The van der Waals surface area contributed by atoms with Gasteiger partial charge in [-0.3, -0.25) is 14.9 Å². The van der Waals surface area contributed by atoms with Crippen molar-refractivity contribution < 1.29 is 14.5 Å². The highest BCUT2D eigenvalue weighted by atomic mass is 16.6. The number of pyridine rings is 1. The first-order chi connectivity index (χ1) is 10.0. The first kappa shape index (κ1) is 15.2. The molecule has 114 valence electrons. The maximum absolute atomic E-state index is 11.3. The summed E-state index contributed by atoms with van der Waals surface area (Å²) in [7, 11) is 0. The zero-order valence-electron chi connectivity index (χ0n) is 12.2. The van der Waals surface area contributed by atoms with Crippen LogP contribution in [-0.2, 0) is 9.53 Å². The Kier molecular flexibility index (Phi) is 4.72. The molecule has 21 heavy (non-hydrogen) atoms. The lowest BCUT2D eigenvalue weighted by Crippen LogP contribution is -2.38. The van der Waals surface area contributed by atoms with E-state index in [0.717, 1.165) is 37.3 Å². The van der Waals surface area contributed by atoms with Gasteiger partial charge in [-0.15, -0.1) is 0 Å². The van der Waals surface area contributed by atoms with Crippen molar-refractivity contribution in [3.05, 3.63) is 27.9 Å². The molecule has 1 fully saturated rings. The molecule has 2 heterocycles. The van der Waals surface area contributed by atoms with Crippen molar-refractivity contribution in [1.29, 1.82) is 0 Å². The molecule has 0 amide bonds. The van der Waals surface area contributed by atoms with Gasteiger partial charge in [-0.05, 0) is 12.5 Å². The average molecular weight is 293 g/mol. The molecule has 0 saturated carbocycles. The molecule has 0 N–H and O–H groups in total. The van der Waals surface area contributed by atoms with Crippen LogP contribution in [0.2, 0.25) is 0 Å². The fourth-order valence-corrected chi connectivity index (χ4v) is 2.44. The lowest BCUT2D eigenvalue weighted by molar-refractivity contribution is -0.385. The van der Waals surface area contributed by atoms with Gasteiger partial charge in [0.15, 0.2) is 0 Å². The summed E-state index contributed by atoms with van der Waals surface area (Å²) >= 11 is 0. The number of anilines is 1. The zero-order chi connectivity index (χ0) is 15.4. The molecule has 1 aliphatic heterocycles. The molecule has 1 aliphatic rings. The summed E-state index contributed by atoms with van der Waals surface area (Å²) in [6, 6.07) is 1.53. The molecule has 0 spiro atoms. The number of nitrogens with zero attached hydrogens (tertiary/aromatic N) is 3. The standard InChI is InChI=1S/C14H19N3O4/c1-3-13(18)21-12-4-6-16(7-5-12)14-10(2)8-11(9-15-14)17(19)20/h8-9,12H,3-7H2,1-2H3. The minimum atomic E-state index is -0.444. The minimum Gasteiger partial charge on any atom is -0.462 e. The van der Waals surface area contributed by atoms with Crippen molar-refractivity contribution in [2.75, 3.05) is 18.0 Å². The zero-order valence-corrected chi connectivity index (χ0v) is 12.2. The highest BCUT2D eigenvalue weighted by Crippen LogP contribution is 2.25. The number of piperidine rings is 1. The second-order valence-electron chi connectivity index (χ2n) is 5.12. The van der Waals surface area contributed by atoms with Gasteiger partial charge in [-0.25, -0.2) is 4.98 Å². The van der Waals surface area contributed by atoms with Crippen molar-refractivity contribution in [2.45, 2.75) is 39.2 Å². The number of carbonyl (C=O) groups is 1. The van der Waals surface area contributed by atoms with Gasteiger partial charge in [0, 0.05) is 38.4 Å². The van der Waals surface area contributed by atoms with Gasteiger partial charge in [0.05, 0.1) is 4.92 Å². The van der Waals surface area contributed by atoms with Gasteiger partial charge in [0.2, 0.25) is 0 Å². The molecule has 1 aromatic rings.